The first-order valence-electron chi connectivity index (χ1n) is 12.0. The van der Waals surface area contributed by atoms with E-state index in [1.54, 1.807) is 31.4 Å². The van der Waals surface area contributed by atoms with E-state index < -0.39 is 12.0 Å². The number of rotatable bonds is 15. The van der Waals surface area contributed by atoms with Crippen LogP contribution in [0.25, 0.3) is 0 Å². The van der Waals surface area contributed by atoms with Gasteiger partial charge in [-0.1, -0.05) is 37.6 Å². The molecule has 2 aromatic rings. The molecule has 0 aliphatic heterocycles. The number of hydrogen-bond acceptors (Lipinski definition) is 6. The summed E-state index contributed by atoms with van der Waals surface area (Å²) in [6.45, 7) is 3.45. The maximum atomic E-state index is 12.8. The minimum atomic E-state index is -0.617. The lowest BCUT2D eigenvalue weighted by Gasteiger charge is -2.18. The molecule has 2 aromatic carbocycles. The summed E-state index contributed by atoms with van der Waals surface area (Å²) in [5.41, 5.74) is 1.86. The Morgan fingerprint density at radius 3 is 2.06 bits per heavy atom. The predicted molar refractivity (Wildman–Crippen MR) is 133 cm³/mol. The fourth-order valence-electron chi connectivity index (χ4n) is 3.48. The van der Waals surface area contributed by atoms with Crippen LogP contribution in [-0.2, 0) is 32.0 Å². The van der Waals surface area contributed by atoms with Crippen LogP contribution < -0.4 is 14.8 Å². The normalized spacial score (nSPS) is 11.4. The van der Waals surface area contributed by atoms with Crippen LogP contribution in [0, 0.1) is 0 Å². The molecule has 0 aliphatic carbocycles. The number of ketones is 2. The Bertz CT molecular complexity index is 982. The molecular formula is C28H35NO6. The average Bonchev–Trinajstić information content (AvgIpc) is 2.85. The number of nitrogens with one attached hydrogen (secondary N) is 1. The summed E-state index contributed by atoms with van der Waals surface area (Å²) >= 11 is 0. The minimum Gasteiger partial charge on any atom is -0.497 e. The molecule has 7 heteroatoms. The topological polar surface area (TPSA) is 98.8 Å². The molecule has 0 radical (unpaired) electrons. The third kappa shape index (κ3) is 10.5. The zero-order valence-electron chi connectivity index (χ0n) is 20.8. The molecule has 7 nitrogen and oxygen atoms in total. The Labute approximate surface area is 207 Å². The molecule has 1 amide bonds. The van der Waals surface area contributed by atoms with Gasteiger partial charge in [-0.3, -0.25) is 14.4 Å². The van der Waals surface area contributed by atoms with Gasteiger partial charge in [0, 0.05) is 19.3 Å². The van der Waals surface area contributed by atoms with E-state index in [0.29, 0.717) is 25.0 Å². The number of Topliss-reactive ketones (excluding diaryl/α,β-unsaturated/α-hetero) is 2. The zero-order chi connectivity index (χ0) is 25.6. The van der Waals surface area contributed by atoms with E-state index in [4.69, 9.17) is 9.47 Å². The molecule has 0 bridgehead atoms. The van der Waals surface area contributed by atoms with Gasteiger partial charge in [0.2, 0.25) is 5.91 Å². The summed E-state index contributed by atoms with van der Waals surface area (Å²) < 4.78 is 10.4. The molecule has 1 unspecified atom stereocenters. The van der Waals surface area contributed by atoms with Gasteiger partial charge in [-0.15, -0.1) is 0 Å². The molecule has 0 saturated carbocycles. The first-order valence-corrected chi connectivity index (χ1v) is 12.0. The van der Waals surface area contributed by atoms with Crippen molar-refractivity contribution in [3.8, 4) is 11.5 Å². The summed E-state index contributed by atoms with van der Waals surface area (Å²) in [5.74, 6) is 0.430. The van der Waals surface area contributed by atoms with Gasteiger partial charge in [0.15, 0.2) is 5.78 Å². The Morgan fingerprint density at radius 1 is 0.829 bits per heavy atom. The van der Waals surface area contributed by atoms with Gasteiger partial charge in [-0.2, -0.15) is 0 Å². The fourth-order valence-corrected chi connectivity index (χ4v) is 3.48. The van der Waals surface area contributed by atoms with Crippen molar-refractivity contribution in [3.63, 3.8) is 0 Å². The molecule has 1 atom stereocenters. The van der Waals surface area contributed by atoms with Crippen molar-refractivity contribution in [3.05, 3.63) is 59.7 Å². The van der Waals surface area contributed by atoms with Gasteiger partial charge >= 0.3 is 5.97 Å². The number of benzene rings is 2. The van der Waals surface area contributed by atoms with E-state index in [0.717, 1.165) is 29.7 Å². The zero-order valence-corrected chi connectivity index (χ0v) is 20.8. The number of carbonyl (C=O) groups excluding carboxylic acids is 4. The quantitative estimate of drug-likeness (QED) is 0.299. The third-order valence-electron chi connectivity index (χ3n) is 5.58. The first kappa shape index (κ1) is 27.8. The minimum absolute atomic E-state index is 0.00406. The molecule has 2 rings (SSSR count). The smallest absolute Gasteiger partial charge is 0.311 e. The summed E-state index contributed by atoms with van der Waals surface area (Å²) in [5, 5.41) is 2.91. The molecule has 1 N–H and O–H groups in total. The van der Waals surface area contributed by atoms with Gasteiger partial charge in [0.25, 0.3) is 0 Å². The van der Waals surface area contributed by atoms with Crippen molar-refractivity contribution in [2.24, 2.45) is 0 Å². The van der Waals surface area contributed by atoms with E-state index >= 15 is 0 Å². The Kier molecular flexibility index (Phi) is 11.7. The second-order valence-electron chi connectivity index (χ2n) is 8.56. The molecule has 0 aromatic heterocycles. The second kappa shape index (κ2) is 14.7. The Morgan fingerprint density at radius 2 is 1.46 bits per heavy atom. The van der Waals surface area contributed by atoms with Gasteiger partial charge in [0.1, 0.15) is 17.3 Å². The van der Waals surface area contributed by atoms with E-state index in [1.165, 1.54) is 6.92 Å². The average molecular weight is 482 g/mol. The van der Waals surface area contributed by atoms with Crippen LogP contribution in [0.3, 0.4) is 0 Å². The number of esters is 1. The molecule has 0 aliphatic rings. The summed E-state index contributed by atoms with van der Waals surface area (Å²) in [6, 6.07) is 13.8. The molecule has 0 heterocycles. The number of methoxy groups -OCH3 is 1. The van der Waals surface area contributed by atoms with Crippen LogP contribution in [0.1, 0.15) is 63.5 Å². The second-order valence-corrected chi connectivity index (χ2v) is 8.56. The molecule has 0 saturated heterocycles. The number of amides is 1. The summed E-state index contributed by atoms with van der Waals surface area (Å²) in [4.78, 5) is 48.3. The highest BCUT2D eigenvalue weighted by molar-refractivity contribution is 5.89. The lowest BCUT2D eigenvalue weighted by atomic mass is 9.98. The Balaban J connectivity index is 1.96. The number of hydrogen-bond donors (Lipinski definition) is 1. The van der Waals surface area contributed by atoms with Crippen molar-refractivity contribution < 1.29 is 28.7 Å². The number of aryl methyl sites for hydroxylation is 1. The summed E-state index contributed by atoms with van der Waals surface area (Å²) in [6.07, 6.45) is 3.46. The van der Waals surface area contributed by atoms with Gasteiger partial charge in [-0.05, 0) is 61.6 Å². The molecule has 188 valence electrons. The van der Waals surface area contributed by atoms with Crippen molar-refractivity contribution in [2.45, 2.75) is 71.3 Å². The fraction of sp³-hybridized carbons (Fsp3) is 0.429. The number of carbonyl (C=O) groups is 4. The number of ether oxygens (including phenoxy) is 2. The van der Waals surface area contributed by atoms with E-state index in [1.807, 2.05) is 31.2 Å². The molecule has 0 fully saturated rings. The lowest BCUT2D eigenvalue weighted by molar-refractivity contribution is -0.136. The first-order chi connectivity index (χ1) is 16.8. The van der Waals surface area contributed by atoms with Gasteiger partial charge < -0.3 is 19.6 Å². The number of unbranched alkanes of at least 4 members (excludes halogenated alkanes) is 1. The van der Waals surface area contributed by atoms with E-state index in [2.05, 4.69) is 5.32 Å². The van der Waals surface area contributed by atoms with Crippen LogP contribution in [0.5, 0.6) is 11.5 Å². The lowest BCUT2D eigenvalue weighted by Crippen LogP contribution is -2.42. The van der Waals surface area contributed by atoms with E-state index in [9.17, 15) is 19.2 Å². The third-order valence-corrected chi connectivity index (χ3v) is 5.58. The SMILES string of the molecule is CCCCC(=O)C(Cc1ccc(OC(=O)CCC(C)=O)cc1)NC(=O)CCc1ccc(OC)cc1. The maximum absolute atomic E-state index is 12.8. The maximum Gasteiger partial charge on any atom is 0.311 e. The standard InChI is InChI=1S/C28H35NO6/c1-4-5-6-26(31)25(29-27(32)17-12-21-8-13-23(34-3)14-9-21)19-22-10-15-24(16-11-22)35-28(33)18-7-20(2)30/h8-11,13-16,25H,4-7,12,17-19H2,1-3H3,(H,29,32). The monoisotopic (exact) mass is 481 g/mol. The van der Waals surface area contributed by atoms with Gasteiger partial charge in [0.05, 0.1) is 19.6 Å². The highest BCUT2D eigenvalue weighted by atomic mass is 16.5. The van der Waals surface area contributed by atoms with Crippen molar-refractivity contribution >= 4 is 23.4 Å². The largest absolute Gasteiger partial charge is 0.497 e. The summed E-state index contributed by atoms with van der Waals surface area (Å²) in [7, 11) is 1.61. The van der Waals surface area contributed by atoms with Crippen LogP contribution in [-0.4, -0.2) is 36.6 Å². The Hall–Kier alpha value is -3.48. The predicted octanol–water partition coefficient (Wildman–Crippen LogP) is 4.39. The van der Waals surface area contributed by atoms with Crippen molar-refractivity contribution in [2.75, 3.05) is 7.11 Å². The van der Waals surface area contributed by atoms with Gasteiger partial charge in [-0.25, -0.2) is 0 Å². The van der Waals surface area contributed by atoms with Crippen molar-refractivity contribution in [1.82, 2.24) is 5.32 Å². The highest BCUT2D eigenvalue weighted by Crippen LogP contribution is 2.16. The molecule has 35 heavy (non-hydrogen) atoms. The van der Waals surface area contributed by atoms with Crippen LogP contribution in [0.15, 0.2) is 48.5 Å². The van der Waals surface area contributed by atoms with Crippen molar-refractivity contribution in [1.29, 1.82) is 0 Å². The van der Waals surface area contributed by atoms with E-state index in [-0.39, 0.29) is 36.7 Å². The highest BCUT2D eigenvalue weighted by Gasteiger charge is 2.21. The van der Waals surface area contributed by atoms with Crippen LogP contribution in [0.4, 0.5) is 0 Å². The molecular weight excluding hydrogens is 446 g/mol. The van der Waals surface area contributed by atoms with Crippen LogP contribution >= 0.6 is 0 Å². The van der Waals surface area contributed by atoms with Crippen LogP contribution in [0.2, 0.25) is 0 Å². The molecule has 0 spiro atoms.